The molecule has 0 saturated heterocycles. The Kier molecular flexibility index (Phi) is 9.43. The first-order valence-electron chi connectivity index (χ1n) is 23.0. The Morgan fingerprint density at radius 2 is 0.956 bits per heavy atom. The number of hydrogen-bond acceptors (Lipinski definition) is 3. The van der Waals surface area contributed by atoms with E-state index in [1.165, 1.54) is 5.39 Å². The second-order valence-corrected chi connectivity index (χ2v) is 17.2. The van der Waals surface area contributed by atoms with Crippen molar-refractivity contribution in [3.63, 3.8) is 0 Å². The summed E-state index contributed by atoms with van der Waals surface area (Å²) in [5.41, 5.74) is 17.4. The fraction of sp³-hybridized carbons (Fsp3) is 0. The maximum absolute atomic E-state index is 7.08. The van der Waals surface area contributed by atoms with E-state index in [-0.39, 0.29) is 0 Å². The maximum atomic E-state index is 7.08. The smallest absolute Gasteiger partial charge is 0.238 e. The number of benzene rings is 10. The molecule has 0 amide bonds. The van der Waals surface area contributed by atoms with Crippen LogP contribution in [-0.4, -0.2) is 14.6 Å². The Bertz CT molecular complexity index is 3880. The molecule has 3 aromatic heterocycles. The molecule has 0 spiro atoms. The van der Waals surface area contributed by atoms with Crippen LogP contribution in [0.2, 0.25) is 0 Å². The first-order chi connectivity index (χ1) is 33.7. The van der Waals surface area contributed by atoms with Crippen molar-refractivity contribution in [2.75, 3.05) is 0 Å². The van der Waals surface area contributed by atoms with Crippen molar-refractivity contribution in [3.8, 4) is 78.5 Å². The minimum atomic E-state index is 0.594. The lowest BCUT2D eigenvalue weighted by atomic mass is 9.90. The molecule has 0 radical (unpaired) electrons. The van der Waals surface area contributed by atoms with E-state index in [0.717, 1.165) is 111 Å². The second kappa shape index (κ2) is 16.4. The summed E-state index contributed by atoms with van der Waals surface area (Å²) in [6.07, 6.45) is 2.02. The van der Waals surface area contributed by atoms with Crippen LogP contribution in [0.1, 0.15) is 0 Å². The van der Waals surface area contributed by atoms with Gasteiger partial charge in [0.25, 0.3) is 0 Å². The van der Waals surface area contributed by atoms with Gasteiger partial charge >= 0.3 is 0 Å². The van der Waals surface area contributed by atoms with Crippen molar-refractivity contribution in [1.29, 1.82) is 0 Å². The Morgan fingerprint density at radius 1 is 0.368 bits per heavy atom. The summed E-state index contributed by atoms with van der Waals surface area (Å²) in [4.78, 5) is 5.41. The quantitative estimate of drug-likeness (QED) is 0.143. The van der Waals surface area contributed by atoms with Crippen LogP contribution in [0.5, 0.6) is 0 Å². The minimum absolute atomic E-state index is 0.594. The molecule has 10 aromatic carbocycles. The Labute approximate surface area is 393 Å². The monoisotopic (exact) mass is 869 g/mol. The Hall–Kier alpha value is -9.19. The van der Waals surface area contributed by atoms with Crippen molar-refractivity contribution in [2.24, 2.45) is 0 Å². The third kappa shape index (κ3) is 6.84. The number of fused-ring (bicyclic) bond motifs is 6. The van der Waals surface area contributed by atoms with E-state index in [2.05, 4.69) is 223 Å². The van der Waals surface area contributed by atoms with E-state index in [1.807, 2.05) is 35.1 Å². The van der Waals surface area contributed by atoms with Gasteiger partial charge in [0.05, 0.1) is 11.0 Å². The fourth-order valence-electron chi connectivity index (χ4n) is 9.85. The molecule has 13 aromatic rings. The third-order valence-electron chi connectivity index (χ3n) is 13.1. The van der Waals surface area contributed by atoms with Gasteiger partial charge in [-0.05, 0) is 98.2 Å². The van der Waals surface area contributed by atoms with E-state index in [4.69, 9.17) is 14.5 Å². The summed E-state index contributed by atoms with van der Waals surface area (Å²) in [6, 6.07) is 85.6. The van der Waals surface area contributed by atoms with E-state index in [9.17, 15) is 0 Å². The lowest BCUT2D eigenvalue weighted by molar-refractivity contribution is -0.658. The lowest BCUT2D eigenvalue weighted by Crippen LogP contribution is -2.36. The molecule has 5 nitrogen and oxygen atoms in total. The number of furan rings is 1. The lowest BCUT2D eigenvalue weighted by Gasteiger charge is -2.15. The number of hydrogen-bond donors (Lipinski definition) is 0. The molecule has 68 heavy (non-hydrogen) atoms. The van der Waals surface area contributed by atoms with E-state index in [0.29, 0.717) is 5.82 Å². The Balaban J connectivity index is 1.07. The van der Waals surface area contributed by atoms with Gasteiger partial charge < -0.3 is 8.98 Å². The SMILES string of the molecule is c1ccc(-c2cc(-c3ccccc3)cc(-c3ccc(-c4cccc5c4oc4cc6c7ccccc7n(-c7ccccc7)c6cc45)c(-c4nc(-c5ccccc5)c[n+](-c5ccccc5)n4)c3)c2)cc1. The molecule has 0 N–H and O–H groups in total. The largest absolute Gasteiger partial charge is 0.455 e. The zero-order valence-corrected chi connectivity index (χ0v) is 36.9. The van der Waals surface area contributed by atoms with Crippen LogP contribution >= 0.6 is 0 Å². The first-order valence-corrected chi connectivity index (χ1v) is 23.0. The van der Waals surface area contributed by atoms with Gasteiger partial charge in [-0.1, -0.05) is 176 Å². The molecule has 0 atom stereocenters. The van der Waals surface area contributed by atoms with Crippen molar-refractivity contribution >= 4 is 43.7 Å². The van der Waals surface area contributed by atoms with Gasteiger partial charge in [0.2, 0.25) is 17.7 Å². The van der Waals surface area contributed by atoms with Crippen LogP contribution in [0.4, 0.5) is 0 Å². The molecule has 5 heteroatoms. The highest BCUT2D eigenvalue weighted by molar-refractivity contribution is 6.18. The van der Waals surface area contributed by atoms with Crippen molar-refractivity contribution in [1.82, 2.24) is 14.6 Å². The van der Waals surface area contributed by atoms with Crippen molar-refractivity contribution < 1.29 is 9.10 Å². The number of nitrogens with zero attached hydrogens (tertiary/aromatic N) is 4. The summed E-state index contributed by atoms with van der Waals surface area (Å²) in [5, 5.41) is 9.77. The van der Waals surface area contributed by atoms with Gasteiger partial charge in [-0.25, -0.2) is 4.98 Å². The van der Waals surface area contributed by atoms with Gasteiger partial charge in [0.15, 0.2) is 0 Å². The number of aromatic nitrogens is 4. The topological polar surface area (TPSA) is 47.7 Å². The molecule has 0 fully saturated rings. The zero-order chi connectivity index (χ0) is 45.0. The van der Waals surface area contributed by atoms with Crippen LogP contribution in [0.25, 0.3) is 122 Å². The summed E-state index contributed by atoms with van der Waals surface area (Å²) in [5.74, 6) is 0.594. The molecule has 13 rings (SSSR count). The molecule has 0 saturated carbocycles. The predicted molar refractivity (Wildman–Crippen MR) is 278 cm³/mol. The van der Waals surface area contributed by atoms with Gasteiger partial charge in [-0.15, -0.1) is 0 Å². The molecule has 0 aliphatic rings. The van der Waals surface area contributed by atoms with Crippen LogP contribution in [0.3, 0.4) is 0 Å². The Morgan fingerprint density at radius 3 is 1.65 bits per heavy atom. The summed E-state index contributed by atoms with van der Waals surface area (Å²) in [6.45, 7) is 0. The molecule has 3 heterocycles. The van der Waals surface area contributed by atoms with Gasteiger partial charge in [0, 0.05) is 61.2 Å². The van der Waals surface area contributed by atoms with Gasteiger partial charge in [-0.2, -0.15) is 0 Å². The normalized spacial score (nSPS) is 11.5. The van der Waals surface area contributed by atoms with Gasteiger partial charge in [0.1, 0.15) is 16.9 Å². The average Bonchev–Trinajstić information content (AvgIpc) is 3.96. The molecule has 318 valence electrons. The first kappa shape index (κ1) is 39.2. The second-order valence-electron chi connectivity index (χ2n) is 17.2. The zero-order valence-electron chi connectivity index (χ0n) is 36.9. The van der Waals surface area contributed by atoms with E-state index >= 15 is 0 Å². The fourth-order valence-corrected chi connectivity index (χ4v) is 9.85. The molecule has 0 bridgehead atoms. The van der Waals surface area contributed by atoms with Gasteiger partial charge in [-0.3, -0.25) is 0 Å². The van der Waals surface area contributed by atoms with E-state index in [1.54, 1.807) is 0 Å². The minimum Gasteiger partial charge on any atom is -0.455 e. The summed E-state index contributed by atoms with van der Waals surface area (Å²) < 4.78 is 11.4. The van der Waals surface area contributed by atoms with Crippen molar-refractivity contribution in [2.45, 2.75) is 0 Å². The van der Waals surface area contributed by atoms with Crippen LogP contribution in [0.15, 0.2) is 253 Å². The maximum Gasteiger partial charge on any atom is 0.238 e. The third-order valence-corrected chi connectivity index (χ3v) is 13.1. The van der Waals surface area contributed by atoms with Crippen LogP contribution in [-0.2, 0) is 0 Å². The highest BCUT2D eigenvalue weighted by Gasteiger charge is 2.24. The van der Waals surface area contributed by atoms with Crippen LogP contribution in [0, 0.1) is 0 Å². The molecular weight excluding hydrogens is 829 g/mol. The number of para-hydroxylation sites is 4. The predicted octanol–water partition coefficient (Wildman–Crippen LogP) is 15.8. The number of rotatable bonds is 8. The molecule has 0 unspecified atom stereocenters. The molecular formula is C63H41N4O+. The molecule has 0 aliphatic carbocycles. The van der Waals surface area contributed by atoms with E-state index < -0.39 is 0 Å². The van der Waals surface area contributed by atoms with Crippen molar-refractivity contribution in [3.05, 3.63) is 249 Å². The average molecular weight is 870 g/mol. The van der Waals surface area contributed by atoms with Crippen LogP contribution < -0.4 is 4.68 Å². The highest BCUT2D eigenvalue weighted by atomic mass is 16.3. The summed E-state index contributed by atoms with van der Waals surface area (Å²) >= 11 is 0. The standard InChI is InChI=1S/C63H41N4O/c1-6-19-42(20-7-1)46-35-47(43-21-8-2-9-22-43)37-48(36-46)45-33-34-51(57(38-45)63-64-58(44-23-10-3-11-24-44)41-66(65-63)49-25-12-4-13-26-49)53-30-18-31-54-56-39-60-55(40-61(56)68-62(53)54)52-29-16-17-32-59(52)67(60)50-27-14-5-15-28-50/h1-41H/q+1. The highest BCUT2D eigenvalue weighted by Crippen LogP contribution is 2.44. The molecule has 0 aliphatic heterocycles. The summed E-state index contributed by atoms with van der Waals surface area (Å²) in [7, 11) is 0.